The molecule has 2 aromatic heterocycles. The van der Waals surface area contributed by atoms with Crippen LogP contribution in [-0.2, 0) is 19.4 Å². The summed E-state index contributed by atoms with van der Waals surface area (Å²) in [4.78, 5) is 27.6. The quantitative estimate of drug-likeness (QED) is 0.869. The fraction of sp³-hybridized carbons (Fsp3) is 0.444. The average molecular weight is 328 g/mol. The standard InChI is InChI=1S/C18H20N2O2S/c21-17-6-5-14-7-9-19(18(22)16-2-1-11-23-16)10-8-15(14)20(17)12-13-3-4-13/h1-2,5-6,11,13H,3-4,7-10,12H2. The maximum Gasteiger partial charge on any atom is 0.263 e. The van der Waals surface area contributed by atoms with Crippen LogP contribution in [0.15, 0.2) is 34.4 Å². The molecule has 1 fully saturated rings. The van der Waals surface area contributed by atoms with Gasteiger partial charge in [0.25, 0.3) is 11.5 Å². The van der Waals surface area contributed by atoms with Crippen molar-refractivity contribution in [2.45, 2.75) is 32.2 Å². The second kappa shape index (κ2) is 5.96. The summed E-state index contributed by atoms with van der Waals surface area (Å²) in [5.41, 5.74) is 2.48. The molecule has 3 heterocycles. The summed E-state index contributed by atoms with van der Waals surface area (Å²) in [6.07, 6.45) is 4.07. The number of nitrogens with zero attached hydrogens (tertiary/aromatic N) is 2. The van der Waals surface area contributed by atoms with E-state index in [1.54, 1.807) is 6.07 Å². The minimum atomic E-state index is 0.105. The van der Waals surface area contributed by atoms with Crippen LogP contribution in [0, 0.1) is 5.92 Å². The largest absolute Gasteiger partial charge is 0.337 e. The van der Waals surface area contributed by atoms with Crippen molar-refractivity contribution in [3.05, 3.63) is 56.1 Å². The molecule has 1 amide bonds. The van der Waals surface area contributed by atoms with Crippen molar-refractivity contribution in [1.82, 2.24) is 9.47 Å². The van der Waals surface area contributed by atoms with Crippen LogP contribution in [-0.4, -0.2) is 28.5 Å². The van der Waals surface area contributed by atoms with E-state index in [4.69, 9.17) is 0 Å². The minimum Gasteiger partial charge on any atom is -0.337 e. The zero-order valence-corrected chi connectivity index (χ0v) is 13.8. The number of hydrogen-bond acceptors (Lipinski definition) is 3. The van der Waals surface area contributed by atoms with Gasteiger partial charge in [-0.1, -0.05) is 12.1 Å². The molecule has 1 saturated carbocycles. The average Bonchev–Trinajstić information content (AvgIpc) is 3.26. The van der Waals surface area contributed by atoms with Crippen molar-refractivity contribution in [2.24, 2.45) is 5.92 Å². The molecule has 2 aromatic rings. The van der Waals surface area contributed by atoms with Crippen LogP contribution in [0.3, 0.4) is 0 Å². The molecule has 1 aliphatic carbocycles. The zero-order valence-electron chi connectivity index (χ0n) is 13.0. The number of hydrogen-bond donors (Lipinski definition) is 0. The van der Waals surface area contributed by atoms with Crippen molar-refractivity contribution >= 4 is 17.2 Å². The fourth-order valence-electron chi connectivity index (χ4n) is 3.31. The minimum absolute atomic E-state index is 0.105. The predicted octanol–water partition coefficient (Wildman–Crippen LogP) is 2.56. The third kappa shape index (κ3) is 2.98. The summed E-state index contributed by atoms with van der Waals surface area (Å²) in [6, 6.07) is 7.45. The molecule has 0 radical (unpaired) electrons. The van der Waals surface area contributed by atoms with Crippen LogP contribution in [0.2, 0.25) is 0 Å². The van der Waals surface area contributed by atoms with E-state index in [1.165, 1.54) is 29.7 Å². The van der Waals surface area contributed by atoms with Crippen molar-refractivity contribution < 1.29 is 4.79 Å². The molecule has 23 heavy (non-hydrogen) atoms. The highest BCUT2D eigenvalue weighted by molar-refractivity contribution is 7.12. The Kier molecular flexibility index (Phi) is 3.81. The van der Waals surface area contributed by atoms with Gasteiger partial charge in [-0.15, -0.1) is 11.3 Å². The van der Waals surface area contributed by atoms with Crippen LogP contribution in [0.25, 0.3) is 0 Å². The highest BCUT2D eigenvalue weighted by Crippen LogP contribution is 2.31. The topological polar surface area (TPSA) is 42.3 Å². The number of pyridine rings is 1. The number of fused-ring (bicyclic) bond motifs is 1. The molecule has 1 aliphatic heterocycles. The molecule has 4 rings (SSSR count). The third-order valence-corrected chi connectivity index (χ3v) is 5.67. The SMILES string of the molecule is O=C(c1cccs1)N1CCc2ccc(=O)n(CC3CC3)c2CC1. The van der Waals surface area contributed by atoms with Gasteiger partial charge >= 0.3 is 0 Å². The van der Waals surface area contributed by atoms with Gasteiger partial charge in [0, 0.05) is 37.8 Å². The first-order valence-corrected chi connectivity index (χ1v) is 9.15. The molecule has 4 nitrogen and oxygen atoms in total. The number of aromatic nitrogens is 1. The summed E-state index contributed by atoms with van der Waals surface area (Å²) >= 11 is 1.49. The first kappa shape index (κ1) is 14.7. The van der Waals surface area contributed by atoms with Crippen molar-refractivity contribution in [1.29, 1.82) is 0 Å². The van der Waals surface area contributed by atoms with Gasteiger partial charge in [-0.3, -0.25) is 9.59 Å². The van der Waals surface area contributed by atoms with E-state index >= 15 is 0 Å². The second-order valence-corrected chi connectivity index (χ2v) is 7.41. The number of rotatable bonds is 3. The predicted molar refractivity (Wildman–Crippen MR) is 91.1 cm³/mol. The highest BCUT2D eigenvalue weighted by Gasteiger charge is 2.26. The number of carbonyl (C=O) groups excluding carboxylic acids is 1. The molecule has 0 atom stereocenters. The molecular formula is C18H20N2O2S. The van der Waals surface area contributed by atoms with Crippen LogP contribution in [0.1, 0.15) is 33.8 Å². The highest BCUT2D eigenvalue weighted by atomic mass is 32.1. The maximum absolute atomic E-state index is 12.6. The molecule has 0 aromatic carbocycles. The van der Waals surface area contributed by atoms with Crippen LogP contribution in [0.4, 0.5) is 0 Å². The van der Waals surface area contributed by atoms with E-state index in [1.807, 2.05) is 33.0 Å². The normalized spacial score (nSPS) is 17.7. The zero-order chi connectivity index (χ0) is 15.8. The molecule has 0 bridgehead atoms. The molecule has 0 saturated heterocycles. The molecule has 2 aliphatic rings. The lowest BCUT2D eigenvalue weighted by Gasteiger charge is -2.19. The first-order valence-electron chi connectivity index (χ1n) is 8.27. The number of thiophene rings is 1. The molecule has 0 spiro atoms. The van der Waals surface area contributed by atoms with Gasteiger partial charge in [0.15, 0.2) is 0 Å². The maximum atomic E-state index is 12.6. The van der Waals surface area contributed by atoms with Crippen LogP contribution >= 0.6 is 11.3 Å². The van der Waals surface area contributed by atoms with E-state index in [2.05, 4.69) is 0 Å². The van der Waals surface area contributed by atoms with E-state index in [0.717, 1.165) is 36.5 Å². The van der Waals surface area contributed by atoms with E-state index in [0.29, 0.717) is 12.5 Å². The monoisotopic (exact) mass is 328 g/mol. The summed E-state index contributed by atoms with van der Waals surface area (Å²) < 4.78 is 1.96. The van der Waals surface area contributed by atoms with Crippen molar-refractivity contribution in [3.63, 3.8) is 0 Å². The van der Waals surface area contributed by atoms with Crippen LogP contribution < -0.4 is 5.56 Å². The lowest BCUT2D eigenvalue weighted by atomic mass is 10.1. The molecular weight excluding hydrogens is 308 g/mol. The Balaban J connectivity index is 1.58. The Morgan fingerprint density at radius 2 is 2.00 bits per heavy atom. The van der Waals surface area contributed by atoms with Gasteiger partial charge in [-0.25, -0.2) is 0 Å². The smallest absolute Gasteiger partial charge is 0.263 e. The first-order chi connectivity index (χ1) is 11.2. The van der Waals surface area contributed by atoms with Gasteiger partial charge in [0.1, 0.15) is 0 Å². The van der Waals surface area contributed by atoms with Gasteiger partial charge in [0.2, 0.25) is 0 Å². The van der Waals surface area contributed by atoms with E-state index < -0.39 is 0 Å². The lowest BCUT2D eigenvalue weighted by Crippen LogP contribution is -2.33. The molecule has 0 unspecified atom stereocenters. The summed E-state index contributed by atoms with van der Waals surface area (Å²) in [5.74, 6) is 0.787. The summed E-state index contributed by atoms with van der Waals surface area (Å²) in [6.45, 7) is 2.27. The van der Waals surface area contributed by atoms with Crippen molar-refractivity contribution in [2.75, 3.05) is 13.1 Å². The molecule has 5 heteroatoms. The number of amides is 1. The van der Waals surface area contributed by atoms with E-state index in [-0.39, 0.29) is 11.5 Å². The van der Waals surface area contributed by atoms with Gasteiger partial charge < -0.3 is 9.47 Å². The summed E-state index contributed by atoms with van der Waals surface area (Å²) in [5, 5.41) is 1.94. The Morgan fingerprint density at radius 3 is 2.74 bits per heavy atom. The summed E-state index contributed by atoms with van der Waals surface area (Å²) in [7, 11) is 0. The molecule has 120 valence electrons. The van der Waals surface area contributed by atoms with Gasteiger partial charge in [0.05, 0.1) is 4.88 Å². The van der Waals surface area contributed by atoms with Crippen LogP contribution in [0.5, 0.6) is 0 Å². The van der Waals surface area contributed by atoms with Gasteiger partial charge in [-0.2, -0.15) is 0 Å². The van der Waals surface area contributed by atoms with Crippen molar-refractivity contribution in [3.8, 4) is 0 Å². The van der Waals surface area contributed by atoms with E-state index in [9.17, 15) is 9.59 Å². The fourth-order valence-corrected chi connectivity index (χ4v) is 4.00. The molecule has 0 N–H and O–H groups in total. The Labute approximate surface area is 139 Å². The Bertz CT molecular complexity index is 775. The lowest BCUT2D eigenvalue weighted by molar-refractivity contribution is 0.0767. The number of carbonyl (C=O) groups is 1. The Morgan fingerprint density at radius 1 is 1.17 bits per heavy atom. The second-order valence-electron chi connectivity index (χ2n) is 6.47. The third-order valence-electron chi connectivity index (χ3n) is 4.82. The van der Waals surface area contributed by atoms with Gasteiger partial charge in [-0.05, 0) is 42.2 Å². The Hall–Kier alpha value is -1.88.